The number of ether oxygens (including phenoxy) is 2. The summed E-state index contributed by atoms with van der Waals surface area (Å²) in [6.07, 6.45) is 0.271. The van der Waals surface area contributed by atoms with E-state index in [9.17, 15) is 9.90 Å². The minimum absolute atomic E-state index is 0.0301. The van der Waals surface area contributed by atoms with Crippen molar-refractivity contribution in [1.82, 2.24) is 15.0 Å². The van der Waals surface area contributed by atoms with Crippen LogP contribution in [0.2, 0.25) is 0 Å². The van der Waals surface area contributed by atoms with Gasteiger partial charge in [0.1, 0.15) is 11.4 Å². The van der Waals surface area contributed by atoms with E-state index in [1.54, 1.807) is 0 Å². The number of carbonyl (C=O) groups is 1. The highest BCUT2D eigenvalue weighted by Crippen LogP contribution is 2.44. The number of amides is 1. The van der Waals surface area contributed by atoms with E-state index >= 15 is 0 Å². The van der Waals surface area contributed by atoms with Gasteiger partial charge < -0.3 is 24.3 Å². The predicted octanol–water partition coefficient (Wildman–Crippen LogP) is 9.28. The van der Waals surface area contributed by atoms with Gasteiger partial charge in [0.15, 0.2) is 12.1 Å². The van der Waals surface area contributed by atoms with Crippen molar-refractivity contribution in [2.75, 3.05) is 11.1 Å². The number of benzene rings is 5. The molecule has 53 heavy (non-hydrogen) atoms. The van der Waals surface area contributed by atoms with Crippen molar-refractivity contribution >= 4 is 34.4 Å². The Morgan fingerprint density at radius 1 is 0.755 bits per heavy atom. The molecule has 9 nitrogen and oxygen atoms in total. The molecule has 1 saturated heterocycles. The summed E-state index contributed by atoms with van der Waals surface area (Å²) in [6.45, 7) is 2.09. The van der Waals surface area contributed by atoms with Crippen LogP contribution in [0.4, 0.5) is 5.69 Å². The molecule has 8 rings (SSSR count). The number of carbonyl (C=O) groups excluding carboxylic acids is 1. The summed E-state index contributed by atoms with van der Waals surface area (Å²) in [5.41, 5.74) is 7.57. The highest BCUT2D eigenvalue weighted by molar-refractivity contribution is 7.99. The fraction of sp³-hybridized carbons (Fsp3) is 0.163. The molecule has 0 aliphatic carbocycles. The Morgan fingerprint density at radius 3 is 2.13 bits per heavy atom. The quantitative estimate of drug-likeness (QED) is 0.133. The summed E-state index contributed by atoms with van der Waals surface area (Å²) in [7, 11) is 0. The molecule has 3 heterocycles. The largest absolute Gasteiger partial charge is 0.431 e. The van der Waals surface area contributed by atoms with Crippen LogP contribution in [0.3, 0.4) is 0 Å². The molecule has 0 bridgehead atoms. The number of nitrogens with zero attached hydrogens (tertiary/aromatic N) is 3. The van der Waals surface area contributed by atoms with Gasteiger partial charge in [-0.2, -0.15) is 0 Å². The maximum absolute atomic E-state index is 13.0. The number of thioether (sulfide) groups is 1. The number of rotatable bonds is 10. The summed E-state index contributed by atoms with van der Waals surface area (Å²) >= 11 is 1.51. The van der Waals surface area contributed by atoms with Gasteiger partial charge in [0, 0.05) is 34.0 Å². The number of aliphatic hydroxyl groups excluding tert-OH is 1. The fourth-order valence-corrected chi connectivity index (χ4v) is 7.37. The fourth-order valence-electron chi connectivity index (χ4n) is 6.39. The maximum atomic E-state index is 13.0. The average molecular weight is 721 g/mol. The van der Waals surface area contributed by atoms with Gasteiger partial charge >= 0.3 is 0 Å². The third-order valence-electron chi connectivity index (χ3n) is 9.31. The van der Waals surface area contributed by atoms with Gasteiger partial charge in [-0.05, 0) is 35.4 Å². The molecule has 1 aliphatic rings. The first-order valence-electron chi connectivity index (χ1n) is 17.4. The molecule has 0 unspecified atom stereocenters. The van der Waals surface area contributed by atoms with Crippen molar-refractivity contribution in [2.24, 2.45) is 5.92 Å². The van der Waals surface area contributed by atoms with Crippen LogP contribution in [0.1, 0.15) is 46.5 Å². The molecule has 1 aliphatic heterocycles. The van der Waals surface area contributed by atoms with Gasteiger partial charge in [0.05, 0.1) is 36.0 Å². The Hall–Kier alpha value is -5.65. The van der Waals surface area contributed by atoms with Gasteiger partial charge in [-0.25, -0.2) is 9.97 Å². The standard InChI is InChI=1S/C43H36N4O5S/c1-27-37(26-53-43-47-38(29-10-4-2-5-11-29)40(52-43)30-12-6-3-7-13-30)50-42(51-39(27)31-18-16-28(25-48)17-19-31)32-20-22-33(23-21-32)45-41(49)36-24-44-34-14-8-9-15-35(34)46-36/h2-24,27,37,39,42,48H,25-26H2,1H3,(H,45,49)/t27-,37+,39+,42+/m0/s1. The zero-order chi connectivity index (χ0) is 36.1. The number of hydrogen-bond acceptors (Lipinski definition) is 9. The first-order valence-corrected chi connectivity index (χ1v) is 18.4. The van der Waals surface area contributed by atoms with Gasteiger partial charge in [0.25, 0.3) is 11.1 Å². The van der Waals surface area contributed by atoms with E-state index in [-0.39, 0.29) is 36.3 Å². The van der Waals surface area contributed by atoms with E-state index in [1.807, 2.05) is 133 Å². The third-order valence-corrected chi connectivity index (χ3v) is 10.2. The van der Waals surface area contributed by atoms with Gasteiger partial charge in [0.2, 0.25) is 0 Å². The monoisotopic (exact) mass is 720 g/mol. The van der Waals surface area contributed by atoms with E-state index < -0.39 is 6.29 Å². The van der Waals surface area contributed by atoms with Gasteiger partial charge in [-0.15, -0.1) is 0 Å². The molecule has 1 amide bonds. The molecular weight excluding hydrogens is 685 g/mol. The summed E-state index contributed by atoms with van der Waals surface area (Å²) in [5, 5.41) is 13.1. The van der Waals surface area contributed by atoms with Crippen molar-refractivity contribution in [2.45, 2.75) is 37.3 Å². The van der Waals surface area contributed by atoms with Crippen molar-refractivity contribution in [3.8, 4) is 22.6 Å². The summed E-state index contributed by atoms with van der Waals surface area (Å²) < 4.78 is 19.8. The highest BCUT2D eigenvalue weighted by atomic mass is 32.2. The molecule has 4 atom stereocenters. The van der Waals surface area contributed by atoms with E-state index in [4.69, 9.17) is 18.9 Å². The van der Waals surface area contributed by atoms with Crippen LogP contribution in [0.25, 0.3) is 33.6 Å². The normalized spacial score (nSPS) is 18.5. The molecular formula is C43H36N4O5S. The van der Waals surface area contributed by atoms with Crippen LogP contribution < -0.4 is 5.32 Å². The molecule has 7 aromatic rings. The second kappa shape index (κ2) is 15.5. The van der Waals surface area contributed by atoms with E-state index in [2.05, 4.69) is 22.2 Å². The average Bonchev–Trinajstić information content (AvgIpc) is 3.66. The number of aromatic nitrogens is 3. The lowest BCUT2D eigenvalue weighted by Crippen LogP contribution is -2.38. The van der Waals surface area contributed by atoms with Gasteiger partial charge in [-0.3, -0.25) is 9.78 Å². The summed E-state index contributed by atoms with van der Waals surface area (Å²) in [4.78, 5) is 26.8. The number of fused-ring (bicyclic) bond motifs is 1. The Kier molecular flexibility index (Phi) is 10.1. The lowest BCUT2D eigenvalue weighted by Gasteiger charge is -2.41. The van der Waals surface area contributed by atoms with Crippen LogP contribution in [-0.4, -0.2) is 37.8 Å². The summed E-state index contributed by atoms with van der Waals surface area (Å²) in [5.74, 6) is 0.907. The highest BCUT2D eigenvalue weighted by Gasteiger charge is 2.38. The van der Waals surface area contributed by atoms with Crippen LogP contribution in [0, 0.1) is 5.92 Å². The van der Waals surface area contributed by atoms with Crippen molar-refractivity contribution in [3.63, 3.8) is 0 Å². The first kappa shape index (κ1) is 34.4. The molecule has 0 radical (unpaired) electrons. The van der Waals surface area contributed by atoms with Gasteiger partial charge in [-0.1, -0.05) is 128 Å². The van der Waals surface area contributed by atoms with Crippen LogP contribution in [0.15, 0.2) is 149 Å². The number of hydrogen-bond donors (Lipinski definition) is 2. The van der Waals surface area contributed by atoms with Crippen molar-refractivity contribution in [3.05, 3.63) is 162 Å². The Labute approximate surface area is 311 Å². The molecule has 1 fully saturated rings. The molecule has 264 valence electrons. The van der Waals surface area contributed by atoms with Crippen LogP contribution in [-0.2, 0) is 16.1 Å². The maximum Gasteiger partial charge on any atom is 0.275 e. The molecule has 5 aromatic carbocycles. The number of nitrogens with one attached hydrogen (secondary N) is 1. The Bertz CT molecular complexity index is 2260. The van der Waals surface area contributed by atoms with E-state index in [0.717, 1.165) is 44.8 Å². The number of para-hydroxylation sites is 2. The number of anilines is 1. The zero-order valence-electron chi connectivity index (χ0n) is 28.8. The second-order valence-corrected chi connectivity index (χ2v) is 13.8. The molecule has 2 aromatic heterocycles. The second-order valence-electron chi connectivity index (χ2n) is 12.8. The Balaban J connectivity index is 1.03. The SMILES string of the molecule is C[C@H]1[C@@H](CSc2nc(-c3ccccc3)c(-c3ccccc3)o2)O[C@@H](c2ccc(NC(=O)c3cnc4ccccc4n3)cc2)O[C@H]1c1ccc(CO)cc1. The van der Waals surface area contributed by atoms with Crippen LogP contribution in [0.5, 0.6) is 0 Å². The first-order chi connectivity index (χ1) is 26.0. The van der Waals surface area contributed by atoms with Crippen LogP contribution >= 0.6 is 11.8 Å². The zero-order valence-corrected chi connectivity index (χ0v) is 29.6. The minimum Gasteiger partial charge on any atom is -0.431 e. The van der Waals surface area contributed by atoms with Crippen molar-refractivity contribution < 1.29 is 23.8 Å². The predicted molar refractivity (Wildman–Crippen MR) is 205 cm³/mol. The third kappa shape index (κ3) is 7.62. The minimum atomic E-state index is -0.681. The van der Waals surface area contributed by atoms with E-state index in [1.165, 1.54) is 18.0 Å². The molecule has 10 heteroatoms. The van der Waals surface area contributed by atoms with Crippen molar-refractivity contribution in [1.29, 1.82) is 0 Å². The number of oxazole rings is 1. The molecule has 0 spiro atoms. The number of aliphatic hydroxyl groups is 1. The van der Waals surface area contributed by atoms with E-state index in [0.29, 0.717) is 22.2 Å². The molecule has 2 N–H and O–H groups in total. The lowest BCUT2D eigenvalue weighted by molar-refractivity contribution is -0.268. The lowest BCUT2D eigenvalue weighted by atomic mass is 9.91. The topological polar surface area (TPSA) is 120 Å². The Morgan fingerprint density at radius 2 is 1.42 bits per heavy atom. The summed E-state index contributed by atoms with van der Waals surface area (Å²) in [6, 6.07) is 42.8. The molecule has 0 saturated carbocycles. The smallest absolute Gasteiger partial charge is 0.275 e.